The lowest BCUT2D eigenvalue weighted by Gasteiger charge is -2.28. The summed E-state index contributed by atoms with van der Waals surface area (Å²) in [4.78, 5) is 12.5. The van der Waals surface area contributed by atoms with Crippen molar-refractivity contribution in [2.45, 2.75) is 45.4 Å². The van der Waals surface area contributed by atoms with Crippen molar-refractivity contribution in [3.05, 3.63) is 65.2 Å². The molecular weight excluding hydrogens is 388 g/mol. The Morgan fingerprint density at radius 3 is 2.55 bits per heavy atom. The Bertz CT molecular complexity index is 776. The van der Waals surface area contributed by atoms with Crippen LogP contribution in [0.25, 0.3) is 0 Å². The molecule has 3 rings (SSSR count). The predicted octanol–water partition coefficient (Wildman–Crippen LogP) is 3.93. The molecule has 2 atom stereocenters. The van der Waals surface area contributed by atoms with E-state index < -0.39 is 6.04 Å². The molecule has 2 aromatic rings. The van der Waals surface area contributed by atoms with Crippen LogP contribution < -0.4 is 15.8 Å². The van der Waals surface area contributed by atoms with E-state index in [1.807, 2.05) is 37.3 Å². The van der Waals surface area contributed by atoms with E-state index in [2.05, 4.69) is 30.4 Å². The average Bonchev–Trinajstić information content (AvgIpc) is 2.72. The van der Waals surface area contributed by atoms with E-state index in [-0.39, 0.29) is 30.3 Å². The van der Waals surface area contributed by atoms with Gasteiger partial charge in [-0.25, -0.2) is 0 Å². The van der Waals surface area contributed by atoms with Crippen LogP contribution in [0.5, 0.6) is 5.75 Å². The van der Waals surface area contributed by atoms with Crippen molar-refractivity contribution in [3.8, 4) is 5.75 Å². The summed E-state index contributed by atoms with van der Waals surface area (Å²) in [5, 5.41) is 3.03. The highest BCUT2D eigenvalue weighted by atomic mass is 35.5. The van der Waals surface area contributed by atoms with Gasteiger partial charge in [0.2, 0.25) is 5.91 Å². The van der Waals surface area contributed by atoms with Gasteiger partial charge in [-0.3, -0.25) is 4.79 Å². The Balaban J connectivity index is 0.00000300. The molecule has 0 bridgehead atoms. The fourth-order valence-electron chi connectivity index (χ4n) is 3.50. The number of carbonyl (C=O) groups excluding carboxylic acids is 1. The zero-order valence-electron chi connectivity index (χ0n) is 17.1. The summed E-state index contributed by atoms with van der Waals surface area (Å²) >= 11 is 0. The van der Waals surface area contributed by atoms with Crippen LogP contribution in [0, 0.1) is 12.8 Å². The summed E-state index contributed by atoms with van der Waals surface area (Å²) in [6, 6.07) is 15.5. The standard InChI is InChI=1S/C23H30N2O3.ClH/c1-16-4-3-5-18(14-16)15-28-21-8-6-19(7-9-21)17(2)25-23(26)22(24)20-10-12-27-13-11-20;/h3-9,14,17,20,22H,10-13,15,24H2,1-2H3,(H,25,26);1H. The number of aryl methyl sites for hydroxylation is 1. The molecular formula is C23H31ClN2O3. The minimum Gasteiger partial charge on any atom is -0.489 e. The molecule has 1 heterocycles. The number of amides is 1. The zero-order chi connectivity index (χ0) is 19.9. The van der Waals surface area contributed by atoms with E-state index >= 15 is 0 Å². The molecule has 1 saturated heterocycles. The van der Waals surface area contributed by atoms with E-state index in [4.69, 9.17) is 15.2 Å². The summed E-state index contributed by atoms with van der Waals surface area (Å²) in [7, 11) is 0. The first-order valence-electron chi connectivity index (χ1n) is 9.95. The van der Waals surface area contributed by atoms with Gasteiger partial charge in [-0.2, -0.15) is 0 Å². The predicted molar refractivity (Wildman–Crippen MR) is 117 cm³/mol. The van der Waals surface area contributed by atoms with E-state index in [0.717, 1.165) is 29.7 Å². The SMILES string of the molecule is Cc1cccc(COc2ccc(C(C)NC(=O)C(N)C3CCOCC3)cc2)c1.Cl. The number of halogens is 1. The molecule has 1 aliphatic heterocycles. The first kappa shape index (κ1) is 23.2. The molecule has 158 valence electrons. The second-order valence-electron chi connectivity index (χ2n) is 7.55. The Hall–Kier alpha value is -2.08. The molecule has 0 aliphatic carbocycles. The molecule has 2 aromatic carbocycles. The molecule has 29 heavy (non-hydrogen) atoms. The van der Waals surface area contributed by atoms with Gasteiger partial charge in [0.25, 0.3) is 0 Å². The van der Waals surface area contributed by atoms with Crippen LogP contribution in [0.15, 0.2) is 48.5 Å². The highest BCUT2D eigenvalue weighted by molar-refractivity contribution is 5.85. The van der Waals surface area contributed by atoms with E-state index in [1.54, 1.807) is 0 Å². The van der Waals surface area contributed by atoms with Crippen LogP contribution in [-0.2, 0) is 16.1 Å². The summed E-state index contributed by atoms with van der Waals surface area (Å²) in [6.45, 7) is 5.95. The number of hydrogen-bond acceptors (Lipinski definition) is 4. The van der Waals surface area contributed by atoms with Crippen LogP contribution in [0.2, 0.25) is 0 Å². The molecule has 5 nitrogen and oxygen atoms in total. The number of hydrogen-bond donors (Lipinski definition) is 2. The first-order chi connectivity index (χ1) is 13.5. The molecule has 3 N–H and O–H groups in total. The lowest BCUT2D eigenvalue weighted by molar-refractivity contribution is -0.125. The van der Waals surface area contributed by atoms with Crippen LogP contribution in [0.1, 0.15) is 42.5 Å². The molecule has 0 saturated carbocycles. The van der Waals surface area contributed by atoms with E-state index in [0.29, 0.717) is 19.8 Å². The summed E-state index contributed by atoms with van der Waals surface area (Å²) in [5.41, 5.74) is 9.55. The Morgan fingerprint density at radius 1 is 1.21 bits per heavy atom. The van der Waals surface area contributed by atoms with Crippen LogP contribution in [0.4, 0.5) is 0 Å². The van der Waals surface area contributed by atoms with Crippen molar-refractivity contribution in [2.75, 3.05) is 13.2 Å². The Morgan fingerprint density at radius 2 is 1.90 bits per heavy atom. The minimum absolute atomic E-state index is 0. The number of nitrogens with one attached hydrogen (secondary N) is 1. The van der Waals surface area contributed by atoms with E-state index in [9.17, 15) is 4.79 Å². The monoisotopic (exact) mass is 418 g/mol. The molecule has 1 amide bonds. The summed E-state index contributed by atoms with van der Waals surface area (Å²) < 4.78 is 11.2. The number of rotatable bonds is 7. The lowest BCUT2D eigenvalue weighted by atomic mass is 9.91. The van der Waals surface area contributed by atoms with E-state index in [1.165, 1.54) is 5.56 Å². The number of ether oxygens (including phenoxy) is 2. The van der Waals surface area contributed by atoms with Gasteiger partial charge in [0.15, 0.2) is 0 Å². The van der Waals surface area contributed by atoms with Crippen molar-refractivity contribution in [2.24, 2.45) is 11.7 Å². The Kier molecular flexibility index (Phi) is 8.96. The van der Waals surface area contributed by atoms with Crippen molar-refractivity contribution in [1.29, 1.82) is 0 Å². The number of nitrogens with two attached hydrogens (primary N) is 1. The first-order valence-corrected chi connectivity index (χ1v) is 9.95. The van der Waals surface area contributed by atoms with Gasteiger partial charge in [0.05, 0.1) is 12.1 Å². The van der Waals surface area contributed by atoms with Crippen LogP contribution >= 0.6 is 12.4 Å². The van der Waals surface area contributed by atoms with Gasteiger partial charge < -0.3 is 20.5 Å². The third kappa shape index (κ3) is 6.74. The van der Waals surface area contributed by atoms with Gasteiger partial charge in [0.1, 0.15) is 12.4 Å². The summed E-state index contributed by atoms with van der Waals surface area (Å²) in [5.74, 6) is 0.903. The number of benzene rings is 2. The van der Waals surface area contributed by atoms with Crippen molar-refractivity contribution in [3.63, 3.8) is 0 Å². The van der Waals surface area contributed by atoms with Gasteiger partial charge >= 0.3 is 0 Å². The molecule has 6 heteroatoms. The van der Waals surface area contributed by atoms with Crippen molar-refractivity contribution in [1.82, 2.24) is 5.32 Å². The summed E-state index contributed by atoms with van der Waals surface area (Å²) in [6.07, 6.45) is 1.69. The third-order valence-corrected chi connectivity index (χ3v) is 5.30. The quantitative estimate of drug-likeness (QED) is 0.714. The maximum atomic E-state index is 12.5. The highest BCUT2D eigenvalue weighted by Crippen LogP contribution is 2.21. The molecule has 0 spiro atoms. The second-order valence-corrected chi connectivity index (χ2v) is 7.55. The topological polar surface area (TPSA) is 73.6 Å². The van der Waals surface area contributed by atoms with Crippen LogP contribution in [0.3, 0.4) is 0 Å². The Labute approximate surface area is 179 Å². The van der Waals surface area contributed by atoms with Gasteiger partial charge in [0, 0.05) is 13.2 Å². The second kappa shape index (κ2) is 11.2. The molecule has 0 aromatic heterocycles. The highest BCUT2D eigenvalue weighted by Gasteiger charge is 2.27. The van der Waals surface area contributed by atoms with Gasteiger partial charge in [-0.05, 0) is 55.9 Å². The molecule has 0 radical (unpaired) electrons. The number of carbonyl (C=O) groups is 1. The molecule has 2 unspecified atom stereocenters. The zero-order valence-corrected chi connectivity index (χ0v) is 17.9. The van der Waals surface area contributed by atoms with Crippen molar-refractivity contribution >= 4 is 18.3 Å². The maximum absolute atomic E-state index is 12.5. The molecule has 1 aliphatic rings. The lowest BCUT2D eigenvalue weighted by Crippen LogP contribution is -2.47. The van der Waals surface area contributed by atoms with Gasteiger partial charge in [-0.1, -0.05) is 42.0 Å². The average molecular weight is 419 g/mol. The maximum Gasteiger partial charge on any atom is 0.237 e. The largest absolute Gasteiger partial charge is 0.489 e. The fraction of sp³-hybridized carbons (Fsp3) is 0.435. The van der Waals surface area contributed by atoms with Crippen molar-refractivity contribution < 1.29 is 14.3 Å². The third-order valence-electron chi connectivity index (χ3n) is 5.30. The normalized spacial score (nSPS) is 16.4. The van der Waals surface area contributed by atoms with Crippen LogP contribution in [-0.4, -0.2) is 25.2 Å². The molecule has 1 fully saturated rings. The van der Waals surface area contributed by atoms with Gasteiger partial charge in [-0.15, -0.1) is 12.4 Å². The smallest absolute Gasteiger partial charge is 0.237 e. The minimum atomic E-state index is -0.483. The fourth-order valence-corrected chi connectivity index (χ4v) is 3.50.